The van der Waals surface area contributed by atoms with E-state index in [2.05, 4.69) is 34.2 Å². The smallest absolute Gasteiger partial charge is 0.296 e. The SMILES string of the molecule is O=C1C[C@@H]2CC3(C[C@@H]2C1)OC(N1CCC2(CCc4ccccc42)CC1)=NC3=O. The van der Waals surface area contributed by atoms with Crippen LogP contribution in [0.2, 0.25) is 0 Å². The van der Waals surface area contributed by atoms with E-state index in [1.54, 1.807) is 0 Å². The third-order valence-electron chi connectivity index (χ3n) is 8.16. The molecule has 3 atom stereocenters. The summed E-state index contributed by atoms with van der Waals surface area (Å²) in [6.07, 6.45) is 7.15. The van der Waals surface area contributed by atoms with Crippen LogP contribution in [0, 0.1) is 11.8 Å². The van der Waals surface area contributed by atoms with Crippen LogP contribution >= 0.6 is 0 Å². The Bertz CT molecular complexity index is 881. The Balaban J connectivity index is 1.16. The zero-order valence-electron chi connectivity index (χ0n) is 16.2. The van der Waals surface area contributed by atoms with Crippen molar-refractivity contribution in [1.29, 1.82) is 0 Å². The first-order valence-corrected chi connectivity index (χ1v) is 10.7. The number of amides is 1. The lowest BCUT2D eigenvalue weighted by molar-refractivity contribution is -0.131. The van der Waals surface area contributed by atoms with E-state index >= 15 is 0 Å². The van der Waals surface area contributed by atoms with Gasteiger partial charge in [-0.25, -0.2) is 0 Å². The number of nitrogens with zero attached hydrogens (tertiary/aromatic N) is 2. The summed E-state index contributed by atoms with van der Waals surface area (Å²) in [6, 6.07) is 9.41. The minimum atomic E-state index is -0.777. The number of Topliss-reactive ketones (excluding diaryl/α,β-unsaturated/α-hetero) is 1. The average Bonchev–Trinajstić information content (AvgIpc) is 3.40. The number of aliphatic imine (C=N–C) groups is 1. The second kappa shape index (κ2) is 5.68. The van der Waals surface area contributed by atoms with E-state index in [0.29, 0.717) is 54.7 Å². The molecule has 0 aromatic heterocycles. The molecule has 0 bridgehead atoms. The van der Waals surface area contributed by atoms with Crippen molar-refractivity contribution < 1.29 is 14.3 Å². The van der Waals surface area contributed by atoms with Gasteiger partial charge in [0.2, 0.25) is 0 Å². The molecule has 1 amide bonds. The summed E-state index contributed by atoms with van der Waals surface area (Å²) in [5, 5.41) is 0. The number of benzene rings is 1. The summed E-state index contributed by atoms with van der Waals surface area (Å²) in [5.74, 6) is 0.849. The molecule has 3 fully saturated rings. The first-order chi connectivity index (χ1) is 13.6. The van der Waals surface area contributed by atoms with E-state index < -0.39 is 5.60 Å². The van der Waals surface area contributed by atoms with Crippen LogP contribution in [-0.2, 0) is 26.2 Å². The van der Waals surface area contributed by atoms with Gasteiger partial charge >= 0.3 is 0 Å². The molecule has 2 aliphatic heterocycles. The number of carbonyl (C=O) groups excluding carboxylic acids is 2. The van der Waals surface area contributed by atoms with Gasteiger partial charge in [0.15, 0.2) is 5.60 Å². The van der Waals surface area contributed by atoms with Crippen molar-refractivity contribution in [3.63, 3.8) is 0 Å². The van der Waals surface area contributed by atoms with Crippen LogP contribution in [0.15, 0.2) is 29.3 Å². The molecule has 5 aliphatic rings. The second-order valence-corrected chi connectivity index (χ2v) is 9.60. The Morgan fingerprint density at radius 3 is 2.46 bits per heavy atom. The lowest BCUT2D eigenvalue weighted by atomic mass is 9.74. The van der Waals surface area contributed by atoms with E-state index in [1.165, 1.54) is 24.0 Å². The molecule has 1 unspecified atom stereocenters. The van der Waals surface area contributed by atoms with Crippen molar-refractivity contribution >= 4 is 17.7 Å². The van der Waals surface area contributed by atoms with Gasteiger partial charge in [-0.05, 0) is 54.1 Å². The quantitative estimate of drug-likeness (QED) is 0.696. The maximum Gasteiger partial charge on any atom is 0.296 e. The average molecular weight is 378 g/mol. The maximum atomic E-state index is 12.8. The minimum Gasteiger partial charge on any atom is -0.448 e. The van der Waals surface area contributed by atoms with E-state index in [9.17, 15) is 9.59 Å². The number of ketones is 1. The Labute approximate surface area is 165 Å². The fraction of sp³-hybridized carbons (Fsp3) is 0.609. The Hall–Kier alpha value is -2.17. The van der Waals surface area contributed by atoms with Crippen molar-refractivity contribution in [2.75, 3.05) is 13.1 Å². The molecule has 146 valence electrons. The summed E-state index contributed by atoms with van der Waals surface area (Å²) in [4.78, 5) is 31.0. The third-order valence-corrected chi connectivity index (χ3v) is 8.16. The number of amidine groups is 1. The van der Waals surface area contributed by atoms with Gasteiger partial charge in [0.05, 0.1) is 0 Å². The normalized spacial score (nSPS) is 35.4. The number of likely N-dealkylation sites (tertiary alicyclic amines) is 1. The molecule has 5 nitrogen and oxygen atoms in total. The fourth-order valence-corrected chi connectivity index (χ4v) is 6.64. The van der Waals surface area contributed by atoms with Gasteiger partial charge in [0.25, 0.3) is 11.9 Å². The molecule has 28 heavy (non-hydrogen) atoms. The molecule has 0 radical (unpaired) electrons. The fourth-order valence-electron chi connectivity index (χ4n) is 6.64. The minimum absolute atomic E-state index is 0.115. The topological polar surface area (TPSA) is 59.0 Å². The van der Waals surface area contributed by atoms with Crippen molar-refractivity contribution in [3.05, 3.63) is 35.4 Å². The molecule has 5 heteroatoms. The zero-order valence-corrected chi connectivity index (χ0v) is 16.2. The monoisotopic (exact) mass is 378 g/mol. The Kier molecular flexibility index (Phi) is 3.40. The first-order valence-electron chi connectivity index (χ1n) is 10.7. The van der Waals surface area contributed by atoms with Crippen LogP contribution in [0.1, 0.15) is 56.1 Å². The van der Waals surface area contributed by atoms with Crippen molar-refractivity contribution in [3.8, 4) is 0 Å². The van der Waals surface area contributed by atoms with E-state index in [-0.39, 0.29) is 5.91 Å². The largest absolute Gasteiger partial charge is 0.448 e. The number of ether oxygens (including phenoxy) is 1. The van der Waals surface area contributed by atoms with Gasteiger partial charge in [-0.15, -0.1) is 0 Å². The summed E-state index contributed by atoms with van der Waals surface area (Å²) in [7, 11) is 0. The van der Waals surface area contributed by atoms with E-state index in [0.717, 1.165) is 25.9 Å². The zero-order chi connectivity index (χ0) is 18.9. The molecule has 1 aromatic carbocycles. The molecule has 2 heterocycles. The summed E-state index contributed by atoms with van der Waals surface area (Å²) in [5.41, 5.74) is 2.55. The maximum absolute atomic E-state index is 12.8. The summed E-state index contributed by atoms with van der Waals surface area (Å²) >= 11 is 0. The predicted octanol–water partition coefficient (Wildman–Crippen LogP) is 3.01. The number of piperidine rings is 1. The number of fused-ring (bicyclic) bond motifs is 3. The van der Waals surface area contributed by atoms with Gasteiger partial charge < -0.3 is 9.64 Å². The predicted molar refractivity (Wildman–Crippen MR) is 104 cm³/mol. The van der Waals surface area contributed by atoms with Crippen molar-refractivity contribution in [1.82, 2.24) is 4.90 Å². The lowest BCUT2D eigenvalue weighted by Crippen LogP contribution is -2.46. The van der Waals surface area contributed by atoms with Crippen LogP contribution in [0.25, 0.3) is 0 Å². The van der Waals surface area contributed by atoms with E-state index in [1.807, 2.05) is 0 Å². The van der Waals surface area contributed by atoms with Crippen LogP contribution in [-0.4, -0.2) is 41.3 Å². The Morgan fingerprint density at radius 2 is 1.71 bits per heavy atom. The molecule has 6 rings (SSSR count). The Morgan fingerprint density at radius 1 is 1.00 bits per heavy atom. The van der Waals surface area contributed by atoms with Crippen molar-refractivity contribution in [2.45, 2.75) is 62.4 Å². The summed E-state index contributed by atoms with van der Waals surface area (Å²) in [6.45, 7) is 1.78. The first kappa shape index (κ1) is 16.8. The molecule has 1 saturated heterocycles. The van der Waals surface area contributed by atoms with Crippen LogP contribution in [0.5, 0.6) is 0 Å². The third kappa shape index (κ3) is 2.28. The number of hydrogen-bond donors (Lipinski definition) is 0. The summed E-state index contributed by atoms with van der Waals surface area (Å²) < 4.78 is 6.27. The highest BCUT2D eigenvalue weighted by atomic mass is 16.5. The van der Waals surface area contributed by atoms with Gasteiger partial charge in [-0.2, -0.15) is 4.99 Å². The molecule has 0 N–H and O–H groups in total. The van der Waals surface area contributed by atoms with Crippen molar-refractivity contribution in [2.24, 2.45) is 16.8 Å². The number of carbonyl (C=O) groups is 2. The second-order valence-electron chi connectivity index (χ2n) is 9.60. The van der Waals surface area contributed by atoms with Gasteiger partial charge in [-0.1, -0.05) is 24.3 Å². The molecule has 2 spiro atoms. The van der Waals surface area contributed by atoms with Gasteiger partial charge in [-0.3, -0.25) is 9.59 Å². The number of hydrogen-bond acceptors (Lipinski definition) is 4. The van der Waals surface area contributed by atoms with E-state index in [4.69, 9.17) is 4.74 Å². The van der Waals surface area contributed by atoms with Gasteiger partial charge in [0, 0.05) is 38.8 Å². The highest BCUT2D eigenvalue weighted by Crippen LogP contribution is 2.52. The lowest BCUT2D eigenvalue weighted by Gasteiger charge is -2.40. The molecular formula is C23H26N2O3. The van der Waals surface area contributed by atoms with Crippen LogP contribution in [0.4, 0.5) is 0 Å². The highest BCUT2D eigenvalue weighted by molar-refractivity contribution is 6.02. The van der Waals surface area contributed by atoms with Gasteiger partial charge in [0.1, 0.15) is 5.78 Å². The molecule has 2 saturated carbocycles. The van der Waals surface area contributed by atoms with Crippen LogP contribution < -0.4 is 0 Å². The number of rotatable bonds is 0. The van der Waals surface area contributed by atoms with Crippen LogP contribution in [0.3, 0.4) is 0 Å². The molecule has 3 aliphatic carbocycles. The molecular weight excluding hydrogens is 352 g/mol. The number of aryl methyl sites for hydroxylation is 1. The standard InChI is InChI=1S/C23H26N2O3/c26-18-11-16-13-23(14-17(16)12-18)20(27)24-21(28-23)25-9-7-22(8-10-25)6-5-15-3-1-2-4-19(15)22/h1-4,16-17H,5-14H2/t16-,17+,23?. The highest BCUT2D eigenvalue weighted by Gasteiger charge is 2.58. The molecule has 1 aromatic rings.